The zero-order valence-corrected chi connectivity index (χ0v) is 12.2. The van der Waals surface area contributed by atoms with Gasteiger partial charge in [-0.3, -0.25) is 4.68 Å². The Morgan fingerprint density at radius 2 is 2.36 bits per heavy atom. The monoisotopic (exact) mass is 295 g/mol. The lowest BCUT2D eigenvalue weighted by Gasteiger charge is -2.06. The van der Waals surface area contributed by atoms with Crippen molar-refractivity contribution in [2.24, 2.45) is 7.05 Å². The van der Waals surface area contributed by atoms with E-state index in [4.69, 9.17) is 15.6 Å². The summed E-state index contributed by atoms with van der Waals surface area (Å²) in [7, 11) is 1.77. The molecular formula is C16H13N3O3. The topological polar surface area (TPSA) is 70.2 Å². The number of terminal acetylenes is 1. The lowest BCUT2D eigenvalue weighted by molar-refractivity contribution is 0.0559. The van der Waals surface area contributed by atoms with E-state index in [0.29, 0.717) is 33.7 Å². The minimum atomic E-state index is -0.505. The van der Waals surface area contributed by atoms with E-state index in [2.05, 4.69) is 16.0 Å². The van der Waals surface area contributed by atoms with E-state index < -0.39 is 5.97 Å². The number of hydrogen-bond donors (Lipinski definition) is 0. The second-order valence-corrected chi connectivity index (χ2v) is 4.72. The van der Waals surface area contributed by atoms with Crippen LogP contribution in [0.5, 0.6) is 0 Å². The number of hydrogen-bond acceptors (Lipinski definition) is 5. The summed E-state index contributed by atoms with van der Waals surface area (Å²) in [5.74, 6) is 2.34. The second kappa shape index (κ2) is 5.37. The molecule has 3 rings (SSSR count). The minimum absolute atomic E-state index is 0.0853. The summed E-state index contributed by atoms with van der Waals surface area (Å²) < 4.78 is 12.0. The highest BCUT2D eigenvalue weighted by Gasteiger charge is 2.20. The van der Waals surface area contributed by atoms with E-state index >= 15 is 0 Å². The predicted octanol–water partition coefficient (Wildman–Crippen LogP) is 2.33. The Kier molecular flexibility index (Phi) is 3.39. The molecule has 3 aromatic heterocycles. The molecule has 0 saturated heterocycles. The molecule has 3 aromatic rings. The van der Waals surface area contributed by atoms with Crippen LogP contribution in [0.2, 0.25) is 0 Å². The van der Waals surface area contributed by atoms with Crippen LogP contribution in [0.4, 0.5) is 0 Å². The number of nitrogens with zero attached hydrogens (tertiary/aromatic N) is 3. The van der Waals surface area contributed by atoms with Crippen molar-refractivity contribution in [3.63, 3.8) is 0 Å². The van der Waals surface area contributed by atoms with Crippen molar-refractivity contribution in [3.05, 3.63) is 35.7 Å². The quantitative estimate of drug-likeness (QED) is 0.548. The van der Waals surface area contributed by atoms with Crippen molar-refractivity contribution in [1.82, 2.24) is 14.8 Å². The fraction of sp³-hybridized carbons (Fsp3) is 0.188. The van der Waals surface area contributed by atoms with E-state index in [1.807, 2.05) is 6.92 Å². The summed E-state index contributed by atoms with van der Waals surface area (Å²) in [5.41, 5.74) is 2.19. The maximum Gasteiger partial charge on any atom is 0.339 e. The average Bonchev–Trinajstić information content (AvgIpc) is 3.13. The molecule has 0 spiro atoms. The highest BCUT2D eigenvalue weighted by atomic mass is 16.5. The van der Waals surface area contributed by atoms with Crippen molar-refractivity contribution < 1.29 is 13.9 Å². The molecule has 110 valence electrons. The molecule has 6 nitrogen and oxygen atoms in total. The summed E-state index contributed by atoms with van der Waals surface area (Å²) in [6.07, 6.45) is 6.69. The summed E-state index contributed by atoms with van der Waals surface area (Å²) in [5, 5.41) is 4.96. The fourth-order valence-corrected chi connectivity index (χ4v) is 2.34. The van der Waals surface area contributed by atoms with Crippen LogP contribution in [0.3, 0.4) is 0 Å². The van der Waals surface area contributed by atoms with E-state index in [0.717, 1.165) is 0 Å². The van der Waals surface area contributed by atoms with Crippen molar-refractivity contribution in [1.29, 1.82) is 0 Å². The number of carbonyl (C=O) groups excluding carboxylic acids is 1. The van der Waals surface area contributed by atoms with Crippen molar-refractivity contribution in [3.8, 4) is 23.8 Å². The molecular weight excluding hydrogens is 282 g/mol. The number of esters is 1. The molecule has 0 aliphatic carbocycles. The largest absolute Gasteiger partial charge is 0.463 e. The lowest BCUT2D eigenvalue weighted by atomic mass is 10.1. The molecule has 0 aromatic carbocycles. The van der Waals surface area contributed by atoms with Gasteiger partial charge in [0, 0.05) is 7.05 Å². The number of furan rings is 1. The first kappa shape index (κ1) is 13.9. The van der Waals surface area contributed by atoms with Crippen molar-refractivity contribution in [2.45, 2.75) is 6.92 Å². The van der Waals surface area contributed by atoms with Crippen molar-refractivity contribution in [2.75, 3.05) is 6.61 Å². The zero-order valence-electron chi connectivity index (χ0n) is 12.2. The van der Waals surface area contributed by atoms with Crippen molar-refractivity contribution >= 4 is 17.0 Å². The molecule has 0 amide bonds. The van der Waals surface area contributed by atoms with E-state index in [1.54, 1.807) is 36.2 Å². The van der Waals surface area contributed by atoms with Crippen LogP contribution in [0, 0.1) is 19.3 Å². The van der Waals surface area contributed by atoms with E-state index in [1.165, 1.54) is 0 Å². The van der Waals surface area contributed by atoms with Gasteiger partial charge in [-0.2, -0.15) is 5.10 Å². The van der Waals surface area contributed by atoms with E-state index in [-0.39, 0.29) is 6.61 Å². The molecule has 0 aliphatic rings. The first-order chi connectivity index (χ1) is 10.6. The highest BCUT2D eigenvalue weighted by molar-refractivity contribution is 6.04. The Hall–Kier alpha value is -3.07. The Morgan fingerprint density at radius 1 is 1.55 bits per heavy atom. The Balaban J connectivity index is 2.24. The van der Waals surface area contributed by atoms with Crippen LogP contribution in [0.15, 0.2) is 28.9 Å². The molecule has 22 heavy (non-hydrogen) atoms. The third-order valence-corrected chi connectivity index (χ3v) is 3.25. The predicted molar refractivity (Wildman–Crippen MR) is 80.1 cm³/mol. The normalized spacial score (nSPS) is 10.6. The molecule has 0 fully saturated rings. The van der Waals surface area contributed by atoms with Gasteiger partial charge in [-0.15, -0.1) is 6.42 Å². The van der Waals surface area contributed by atoms with Crippen LogP contribution >= 0.6 is 0 Å². The smallest absolute Gasteiger partial charge is 0.339 e. The highest BCUT2D eigenvalue weighted by Crippen LogP contribution is 2.27. The van der Waals surface area contributed by atoms with Gasteiger partial charge in [0.05, 0.1) is 22.9 Å². The van der Waals surface area contributed by atoms with Crippen LogP contribution < -0.4 is 0 Å². The summed E-state index contributed by atoms with van der Waals surface area (Å²) in [4.78, 5) is 16.8. The first-order valence-corrected chi connectivity index (χ1v) is 6.60. The van der Waals surface area contributed by atoms with E-state index in [9.17, 15) is 4.79 Å². The summed E-state index contributed by atoms with van der Waals surface area (Å²) in [6, 6.07) is 5.16. The van der Waals surface area contributed by atoms with Crippen LogP contribution in [-0.4, -0.2) is 27.3 Å². The maximum absolute atomic E-state index is 12.3. The van der Waals surface area contributed by atoms with Crippen LogP contribution in [0.1, 0.15) is 16.1 Å². The minimum Gasteiger partial charge on any atom is -0.463 e. The number of rotatable bonds is 3. The fourth-order valence-electron chi connectivity index (χ4n) is 2.34. The third-order valence-electron chi connectivity index (χ3n) is 3.25. The number of pyridine rings is 1. The first-order valence-electron chi connectivity index (χ1n) is 6.60. The molecule has 0 atom stereocenters. The molecule has 0 saturated carbocycles. The Bertz CT molecular complexity index is 886. The SMILES string of the molecule is C#CCOC(=O)c1cc(-c2ccco2)nc2c1c(C)nn2C. The molecule has 0 radical (unpaired) electrons. The lowest BCUT2D eigenvalue weighted by Crippen LogP contribution is -2.07. The average molecular weight is 295 g/mol. The van der Waals surface area contributed by atoms with Gasteiger partial charge in [0.2, 0.25) is 0 Å². The summed E-state index contributed by atoms with van der Waals surface area (Å²) in [6.45, 7) is 1.73. The number of ether oxygens (including phenoxy) is 1. The molecule has 3 heterocycles. The molecule has 0 bridgehead atoms. The molecule has 0 aliphatic heterocycles. The van der Waals surface area contributed by atoms with Gasteiger partial charge in [0.25, 0.3) is 0 Å². The third kappa shape index (κ3) is 2.23. The van der Waals surface area contributed by atoms with Crippen LogP contribution in [0.25, 0.3) is 22.5 Å². The van der Waals surface area contributed by atoms with Gasteiger partial charge >= 0.3 is 5.97 Å². The summed E-state index contributed by atoms with van der Waals surface area (Å²) >= 11 is 0. The maximum atomic E-state index is 12.3. The molecule has 0 unspecified atom stereocenters. The second-order valence-electron chi connectivity index (χ2n) is 4.72. The number of carbonyl (C=O) groups is 1. The standard InChI is InChI=1S/C16H13N3O3/c1-4-7-22-16(20)11-9-12(13-6-5-8-21-13)17-15-14(11)10(2)18-19(15)3/h1,5-6,8-9H,7H2,2-3H3. The zero-order chi connectivity index (χ0) is 15.7. The number of aromatic nitrogens is 3. The van der Waals surface area contributed by atoms with Gasteiger partial charge in [-0.25, -0.2) is 9.78 Å². The van der Waals surface area contributed by atoms with Gasteiger partial charge in [-0.05, 0) is 25.1 Å². The molecule has 0 N–H and O–H groups in total. The van der Waals surface area contributed by atoms with Gasteiger partial charge in [0.15, 0.2) is 18.0 Å². The van der Waals surface area contributed by atoms with Gasteiger partial charge < -0.3 is 9.15 Å². The molecule has 6 heteroatoms. The number of fused-ring (bicyclic) bond motifs is 1. The Morgan fingerprint density at radius 3 is 3.05 bits per heavy atom. The van der Waals surface area contributed by atoms with Gasteiger partial charge in [0.1, 0.15) is 5.69 Å². The Labute approximate surface area is 126 Å². The number of aryl methyl sites for hydroxylation is 2. The van der Waals surface area contributed by atoms with Crippen LogP contribution in [-0.2, 0) is 11.8 Å². The van der Waals surface area contributed by atoms with Gasteiger partial charge in [-0.1, -0.05) is 5.92 Å².